The number of hydrazine groups is 1. The normalized spacial score (nSPS) is 19.1. The van der Waals surface area contributed by atoms with Gasteiger partial charge in [-0.15, -0.1) is 0 Å². The molecule has 0 heterocycles. The lowest BCUT2D eigenvalue weighted by Gasteiger charge is -2.24. The molecule has 0 bridgehead atoms. The fourth-order valence-corrected chi connectivity index (χ4v) is 2.10. The molecule has 1 unspecified atom stereocenters. The lowest BCUT2D eigenvalue weighted by molar-refractivity contribution is 0.328. The van der Waals surface area contributed by atoms with Gasteiger partial charge in [-0.25, -0.2) is 5.84 Å². The third kappa shape index (κ3) is 1.47. The Balaban J connectivity index is 2.30. The largest absolute Gasteiger partial charge is 0.375 e. The van der Waals surface area contributed by atoms with E-state index < -0.39 is 0 Å². The van der Waals surface area contributed by atoms with E-state index >= 15 is 0 Å². The van der Waals surface area contributed by atoms with E-state index in [0.29, 0.717) is 0 Å². The Bertz CT molecular complexity index is 364. The summed E-state index contributed by atoms with van der Waals surface area (Å²) in [6.07, 6.45) is 2.05. The first-order valence-corrected chi connectivity index (χ1v) is 5.02. The van der Waals surface area contributed by atoms with Crippen molar-refractivity contribution in [3.63, 3.8) is 0 Å². The van der Waals surface area contributed by atoms with E-state index in [9.17, 15) is 0 Å². The van der Waals surface area contributed by atoms with E-state index in [-0.39, 0.29) is 11.2 Å². The first kappa shape index (κ1) is 9.43. The van der Waals surface area contributed by atoms with Crippen LogP contribution in [0.25, 0.3) is 0 Å². The minimum atomic E-state index is 0.156. The zero-order valence-corrected chi connectivity index (χ0v) is 8.63. The van der Waals surface area contributed by atoms with Crippen LogP contribution < -0.4 is 11.6 Å². The summed E-state index contributed by atoms with van der Waals surface area (Å²) in [5, 5.41) is 1.74. The summed E-state index contributed by atoms with van der Waals surface area (Å²) in [4.78, 5) is 0. The van der Waals surface area contributed by atoms with E-state index in [1.807, 2.05) is 12.1 Å². The topological polar surface area (TPSA) is 55.3 Å². The van der Waals surface area contributed by atoms with Gasteiger partial charge in [0.1, 0.15) is 0 Å². The van der Waals surface area contributed by atoms with Crippen molar-refractivity contribution in [2.24, 2.45) is 11.6 Å². The average Bonchev–Trinajstić information content (AvgIpc) is 2.60. The Morgan fingerprint density at radius 2 is 2.14 bits per heavy atom. The quantitative estimate of drug-likeness (QED) is 0.411. The number of aryl methyl sites for hydroxylation is 1. The number of nitrogens with two attached hydrogens (primary N) is 2. The number of hydrogen-bond donors (Lipinski definition) is 2. The molecule has 1 aliphatic carbocycles. The van der Waals surface area contributed by atoms with Crippen LogP contribution in [0.1, 0.15) is 23.6 Å². The summed E-state index contributed by atoms with van der Waals surface area (Å²) in [6.45, 7) is 0. The molecule has 0 aromatic heterocycles. The van der Waals surface area contributed by atoms with Crippen molar-refractivity contribution in [1.29, 1.82) is 0 Å². The minimum absolute atomic E-state index is 0.156. The molecule has 1 atom stereocenters. The Morgan fingerprint density at radius 3 is 2.86 bits per heavy atom. The molecule has 0 radical (unpaired) electrons. The second-order valence-corrected chi connectivity index (χ2v) is 3.92. The summed E-state index contributed by atoms with van der Waals surface area (Å²) in [6, 6.07) is 8.44. The molecular formula is C10H13N3S. The number of fused-ring (bicyclic) bond motifs is 1. The van der Waals surface area contributed by atoms with Crippen LogP contribution in [-0.2, 0) is 6.42 Å². The van der Waals surface area contributed by atoms with E-state index in [2.05, 4.69) is 12.1 Å². The van der Waals surface area contributed by atoms with Crippen LogP contribution in [0.4, 0.5) is 0 Å². The summed E-state index contributed by atoms with van der Waals surface area (Å²) >= 11 is 4.86. The second kappa shape index (κ2) is 3.55. The van der Waals surface area contributed by atoms with E-state index in [4.69, 9.17) is 23.8 Å². The molecule has 1 aromatic carbocycles. The maximum atomic E-state index is 5.80. The lowest BCUT2D eigenvalue weighted by atomic mass is 10.1. The third-order valence-corrected chi connectivity index (χ3v) is 2.90. The second-order valence-electron chi connectivity index (χ2n) is 3.50. The number of rotatable bonds is 1. The summed E-state index contributed by atoms with van der Waals surface area (Å²) in [5.41, 5.74) is 8.11. The molecule has 0 spiro atoms. The first-order valence-electron chi connectivity index (χ1n) is 4.61. The van der Waals surface area contributed by atoms with Crippen molar-refractivity contribution < 1.29 is 0 Å². The van der Waals surface area contributed by atoms with Gasteiger partial charge in [0.15, 0.2) is 5.11 Å². The van der Waals surface area contributed by atoms with Gasteiger partial charge in [-0.05, 0) is 36.2 Å². The van der Waals surface area contributed by atoms with Crippen LogP contribution in [0.3, 0.4) is 0 Å². The molecule has 0 amide bonds. The molecule has 0 fully saturated rings. The van der Waals surface area contributed by atoms with Crippen molar-refractivity contribution in [2.45, 2.75) is 18.9 Å². The molecule has 3 nitrogen and oxygen atoms in total. The van der Waals surface area contributed by atoms with Gasteiger partial charge in [-0.1, -0.05) is 24.3 Å². The first-order chi connectivity index (χ1) is 6.70. The molecule has 74 valence electrons. The summed E-state index contributed by atoms with van der Waals surface area (Å²) in [5.74, 6) is 5.80. The number of thiocarbonyl (C=S) groups is 1. The minimum Gasteiger partial charge on any atom is -0.375 e. The third-order valence-electron chi connectivity index (χ3n) is 2.69. The molecule has 0 saturated carbocycles. The number of nitrogens with zero attached hydrogens (tertiary/aromatic N) is 1. The van der Waals surface area contributed by atoms with Crippen LogP contribution in [0.5, 0.6) is 0 Å². The van der Waals surface area contributed by atoms with E-state index in [1.54, 1.807) is 0 Å². The predicted octanol–water partition coefficient (Wildman–Crippen LogP) is 1.09. The highest BCUT2D eigenvalue weighted by Crippen LogP contribution is 2.33. The van der Waals surface area contributed by atoms with Gasteiger partial charge in [0.25, 0.3) is 0 Å². The highest BCUT2D eigenvalue weighted by atomic mass is 32.1. The number of hydrogen-bond acceptors (Lipinski definition) is 2. The van der Waals surface area contributed by atoms with Gasteiger partial charge < -0.3 is 5.73 Å². The van der Waals surface area contributed by atoms with Crippen molar-refractivity contribution in [3.8, 4) is 0 Å². The average molecular weight is 207 g/mol. The monoisotopic (exact) mass is 207 g/mol. The van der Waals surface area contributed by atoms with Gasteiger partial charge >= 0.3 is 0 Å². The molecule has 4 N–H and O–H groups in total. The molecule has 1 aromatic rings. The Morgan fingerprint density at radius 1 is 1.43 bits per heavy atom. The smallest absolute Gasteiger partial charge is 0.181 e. The van der Waals surface area contributed by atoms with Gasteiger partial charge in [0, 0.05) is 0 Å². The molecular weight excluding hydrogens is 194 g/mol. The molecule has 2 rings (SSSR count). The van der Waals surface area contributed by atoms with Gasteiger partial charge in [-0.2, -0.15) is 0 Å². The van der Waals surface area contributed by atoms with Gasteiger partial charge in [0.2, 0.25) is 0 Å². The SMILES string of the molecule is NC(=S)N(N)C1CCc2ccccc21. The van der Waals surface area contributed by atoms with Crippen LogP contribution in [0.15, 0.2) is 24.3 Å². The van der Waals surface area contributed by atoms with Crippen LogP contribution in [0, 0.1) is 0 Å². The maximum absolute atomic E-state index is 5.80. The van der Waals surface area contributed by atoms with Crippen LogP contribution in [-0.4, -0.2) is 10.1 Å². The van der Waals surface area contributed by atoms with Crippen molar-refractivity contribution in [3.05, 3.63) is 35.4 Å². The Labute approximate surface area is 88.7 Å². The maximum Gasteiger partial charge on any atom is 0.181 e. The van der Waals surface area contributed by atoms with Gasteiger partial charge in [0.05, 0.1) is 6.04 Å². The molecule has 0 aliphatic heterocycles. The number of benzene rings is 1. The fourth-order valence-electron chi connectivity index (χ4n) is 1.98. The zero-order chi connectivity index (χ0) is 10.1. The van der Waals surface area contributed by atoms with Crippen molar-refractivity contribution >= 4 is 17.3 Å². The molecule has 14 heavy (non-hydrogen) atoms. The van der Waals surface area contributed by atoms with Crippen molar-refractivity contribution in [2.75, 3.05) is 0 Å². The fraction of sp³-hybridized carbons (Fsp3) is 0.300. The summed E-state index contributed by atoms with van der Waals surface area (Å²) < 4.78 is 0. The van der Waals surface area contributed by atoms with E-state index in [0.717, 1.165) is 12.8 Å². The highest BCUT2D eigenvalue weighted by Gasteiger charge is 2.26. The van der Waals surface area contributed by atoms with E-state index in [1.165, 1.54) is 16.1 Å². The summed E-state index contributed by atoms with van der Waals surface area (Å²) in [7, 11) is 0. The highest BCUT2D eigenvalue weighted by molar-refractivity contribution is 7.80. The lowest BCUT2D eigenvalue weighted by Crippen LogP contribution is -2.43. The Kier molecular flexibility index (Phi) is 2.39. The van der Waals surface area contributed by atoms with Gasteiger partial charge in [-0.3, -0.25) is 5.01 Å². The zero-order valence-electron chi connectivity index (χ0n) is 7.81. The molecule has 0 saturated heterocycles. The Hall–Kier alpha value is -1.13. The van der Waals surface area contributed by atoms with Crippen molar-refractivity contribution in [1.82, 2.24) is 5.01 Å². The standard InChI is InChI=1S/C10H13N3S/c11-10(14)13(12)9-6-5-7-3-1-2-4-8(7)9/h1-4,9H,5-6,12H2,(H2,11,14). The molecule has 1 aliphatic rings. The molecule has 4 heteroatoms. The van der Waals surface area contributed by atoms with Crippen LogP contribution >= 0.6 is 12.2 Å². The predicted molar refractivity (Wildman–Crippen MR) is 60.3 cm³/mol. The van der Waals surface area contributed by atoms with Crippen LogP contribution in [0.2, 0.25) is 0 Å².